The zero-order valence-corrected chi connectivity index (χ0v) is 9.47. The molecule has 2 heterocycles. The van der Waals surface area contributed by atoms with Crippen molar-refractivity contribution in [1.82, 2.24) is 10.2 Å². The molecule has 0 spiro atoms. The molecule has 84 valence electrons. The molecular formula is C11H19N3O. The summed E-state index contributed by atoms with van der Waals surface area (Å²) in [5.41, 5.74) is 2.46. The Morgan fingerprint density at radius 2 is 2.47 bits per heavy atom. The molecule has 0 saturated carbocycles. The van der Waals surface area contributed by atoms with E-state index in [2.05, 4.69) is 29.4 Å². The Kier molecular flexibility index (Phi) is 3.26. The standard InChI is InChI=1S/C11H19N3O/c1-3-10-8(2)11(14-13-10)12-9-5-4-6-15-7-9/h9H,3-7H2,1-2H3,(H2,12,13,14). The summed E-state index contributed by atoms with van der Waals surface area (Å²) >= 11 is 0. The summed E-state index contributed by atoms with van der Waals surface area (Å²) in [7, 11) is 0. The lowest BCUT2D eigenvalue weighted by Gasteiger charge is -2.23. The first kappa shape index (κ1) is 10.5. The lowest BCUT2D eigenvalue weighted by molar-refractivity contribution is 0.0875. The number of nitrogens with zero attached hydrogens (tertiary/aromatic N) is 1. The van der Waals surface area contributed by atoms with Crippen molar-refractivity contribution in [3.8, 4) is 0 Å². The first-order chi connectivity index (χ1) is 7.31. The van der Waals surface area contributed by atoms with Gasteiger partial charge in [-0.3, -0.25) is 5.10 Å². The molecule has 1 fully saturated rings. The molecule has 1 aliphatic rings. The maximum Gasteiger partial charge on any atom is 0.151 e. The summed E-state index contributed by atoms with van der Waals surface area (Å²) < 4.78 is 5.43. The molecule has 2 N–H and O–H groups in total. The van der Waals surface area contributed by atoms with E-state index in [1.165, 1.54) is 17.7 Å². The van der Waals surface area contributed by atoms with Gasteiger partial charge in [-0.2, -0.15) is 5.10 Å². The molecule has 15 heavy (non-hydrogen) atoms. The third-order valence-electron chi connectivity index (χ3n) is 2.97. The van der Waals surface area contributed by atoms with Gasteiger partial charge in [0.1, 0.15) is 0 Å². The first-order valence-electron chi connectivity index (χ1n) is 5.69. The second-order valence-electron chi connectivity index (χ2n) is 4.09. The third-order valence-corrected chi connectivity index (χ3v) is 2.97. The fourth-order valence-corrected chi connectivity index (χ4v) is 1.97. The number of hydrogen-bond acceptors (Lipinski definition) is 3. The van der Waals surface area contributed by atoms with Gasteiger partial charge < -0.3 is 10.1 Å². The van der Waals surface area contributed by atoms with E-state index in [9.17, 15) is 0 Å². The van der Waals surface area contributed by atoms with Gasteiger partial charge in [-0.15, -0.1) is 0 Å². The molecule has 1 aromatic heterocycles. The van der Waals surface area contributed by atoms with E-state index in [0.717, 1.165) is 31.9 Å². The Balaban J connectivity index is 2.00. The minimum absolute atomic E-state index is 0.422. The molecule has 0 aliphatic carbocycles. The van der Waals surface area contributed by atoms with Gasteiger partial charge in [0, 0.05) is 17.9 Å². The number of H-pyrrole nitrogens is 1. The number of anilines is 1. The summed E-state index contributed by atoms with van der Waals surface area (Å²) in [4.78, 5) is 0. The molecular weight excluding hydrogens is 190 g/mol. The number of rotatable bonds is 3. The van der Waals surface area contributed by atoms with Crippen LogP contribution in [0.5, 0.6) is 0 Å². The Labute approximate surface area is 90.4 Å². The Bertz CT molecular complexity index is 316. The monoisotopic (exact) mass is 209 g/mol. The second-order valence-corrected chi connectivity index (χ2v) is 4.09. The van der Waals surface area contributed by atoms with Crippen molar-refractivity contribution in [3.05, 3.63) is 11.3 Å². The van der Waals surface area contributed by atoms with Crippen molar-refractivity contribution in [2.75, 3.05) is 18.5 Å². The molecule has 0 aromatic carbocycles. The fraction of sp³-hybridized carbons (Fsp3) is 0.727. The van der Waals surface area contributed by atoms with E-state index in [1.807, 2.05) is 0 Å². The van der Waals surface area contributed by atoms with Gasteiger partial charge in [-0.25, -0.2) is 0 Å². The van der Waals surface area contributed by atoms with Crippen LogP contribution < -0.4 is 5.32 Å². The van der Waals surface area contributed by atoms with Crippen LogP contribution in [0.1, 0.15) is 31.0 Å². The highest BCUT2D eigenvalue weighted by molar-refractivity contribution is 5.46. The van der Waals surface area contributed by atoms with E-state index in [-0.39, 0.29) is 0 Å². The van der Waals surface area contributed by atoms with Crippen molar-refractivity contribution >= 4 is 5.82 Å². The van der Waals surface area contributed by atoms with Crippen molar-refractivity contribution in [1.29, 1.82) is 0 Å². The number of aromatic amines is 1. The second kappa shape index (κ2) is 4.66. The number of aromatic nitrogens is 2. The molecule has 1 aromatic rings. The largest absolute Gasteiger partial charge is 0.379 e. The number of hydrogen-bond donors (Lipinski definition) is 2. The zero-order valence-electron chi connectivity index (χ0n) is 9.47. The van der Waals surface area contributed by atoms with Crippen LogP contribution in [0.2, 0.25) is 0 Å². The molecule has 1 saturated heterocycles. The number of aryl methyl sites for hydroxylation is 1. The molecule has 1 aliphatic heterocycles. The Morgan fingerprint density at radius 1 is 1.60 bits per heavy atom. The van der Waals surface area contributed by atoms with E-state index in [1.54, 1.807) is 0 Å². The molecule has 1 unspecified atom stereocenters. The van der Waals surface area contributed by atoms with Crippen molar-refractivity contribution in [2.45, 2.75) is 39.2 Å². The lowest BCUT2D eigenvalue weighted by atomic mass is 10.1. The van der Waals surface area contributed by atoms with Crippen molar-refractivity contribution in [3.63, 3.8) is 0 Å². The summed E-state index contributed by atoms with van der Waals surface area (Å²) in [5.74, 6) is 0.988. The molecule has 0 radical (unpaired) electrons. The molecule has 0 amide bonds. The molecule has 1 atom stereocenters. The fourth-order valence-electron chi connectivity index (χ4n) is 1.97. The van der Waals surface area contributed by atoms with Crippen LogP contribution in [-0.2, 0) is 11.2 Å². The van der Waals surface area contributed by atoms with Crippen LogP contribution in [-0.4, -0.2) is 29.5 Å². The molecule has 4 heteroatoms. The predicted octanol–water partition coefficient (Wildman–Crippen LogP) is 1.87. The minimum atomic E-state index is 0.422. The molecule has 2 rings (SSSR count). The predicted molar refractivity (Wildman–Crippen MR) is 60.2 cm³/mol. The van der Waals surface area contributed by atoms with E-state index in [4.69, 9.17) is 4.74 Å². The van der Waals surface area contributed by atoms with Gasteiger partial charge in [0.25, 0.3) is 0 Å². The Morgan fingerprint density at radius 3 is 3.07 bits per heavy atom. The first-order valence-corrected chi connectivity index (χ1v) is 5.69. The smallest absolute Gasteiger partial charge is 0.151 e. The SMILES string of the molecule is CCc1[nH]nc(NC2CCCOC2)c1C. The van der Waals surface area contributed by atoms with Crippen LogP contribution in [0.25, 0.3) is 0 Å². The third kappa shape index (κ3) is 2.31. The molecule has 0 bridgehead atoms. The van der Waals surface area contributed by atoms with E-state index < -0.39 is 0 Å². The quantitative estimate of drug-likeness (QED) is 0.799. The van der Waals surface area contributed by atoms with Gasteiger partial charge in [-0.1, -0.05) is 6.92 Å². The van der Waals surface area contributed by atoms with Crippen molar-refractivity contribution < 1.29 is 4.74 Å². The normalized spacial score (nSPS) is 21.6. The van der Waals surface area contributed by atoms with Gasteiger partial charge in [0.2, 0.25) is 0 Å². The zero-order chi connectivity index (χ0) is 10.7. The van der Waals surface area contributed by atoms with Crippen LogP contribution >= 0.6 is 0 Å². The maximum absolute atomic E-state index is 5.43. The minimum Gasteiger partial charge on any atom is -0.379 e. The summed E-state index contributed by atoms with van der Waals surface area (Å²) in [6.07, 6.45) is 3.32. The van der Waals surface area contributed by atoms with Gasteiger partial charge in [-0.05, 0) is 26.2 Å². The van der Waals surface area contributed by atoms with Gasteiger partial charge in [0.15, 0.2) is 5.82 Å². The highest BCUT2D eigenvalue weighted by Gasteiger charge is 2.16. The van der Waals surface area contributed by atoms with Crippen LogP contribution in [0.3, 0.4) is 0 Å². The topological polar surface area (TPSA) is 49.9 Å². The van der Waals surface area contributed by atoms with Gasteiger partial charge >= 0.3 is 0 Å². The average molecular weight is 209 g/mol. The summed E-state index contributed by atoms with van der Waals surface area (Å²) in [6, 6.07) is 0.422. The number of ether oxygens (including phenoxy) is 1. The highest BCUT2D eigenvalue weighted by Crippen LogP contribution is 2.18. The van der Waals surface area contributed by atoms with Gasteiger partial charge in [0.05, 0.1) is 12.6 Å². The van der Waals surface area contributed by atoms with Crippen LogP contribution in [0.15, 0.2) is 0 Å². The highest BCUT2D eigenvalue weighted by atomic mass is 16.5. The van der Waals surface area contributed by atoms with E-state index >= 15 is 0 Å². The van der Waals surface area contributed by atoms with Crippen LogP contribution in [0, 0.1) is 6.92 Å². The van der Waals surface area contributed by atoms with Crippen molar-refractivity contribution in [2.24, 2.45) is 0 Å². The van der Waals surface area contributed by atoms with E-state index in [0.29, 0.717) is 6.04 Å². The lowest BCUT2D eigenvalue weighted by Crippen LogP contribution is -2.30. The summed E-state index contributed by atoms with van der Waals surface area (Å²) in [6.45, 7) is 5.94. The van der Waals surface area contributed by atoms with Crippen LogP contribution in [0.4, 0.5) is 5.82 Å². The summed E-state index contributed by atoms with van der Waals surface area (Å²) in [5, 5.41) is 10.8. The average Bonchev–Trinajstić information content (AvgIpc) is 2.62. The maximum atomic E-state index is 5.43. The molecule has 4 nitrogen and oxygen atoms in total. The number of nitrogens with one attached hydrogen (secondary N) is 2. The Hall–Kier alpha value is -1.03.